The first kappa shape index (κ1) is 16.7. The van der Waals surface area contributed by atoms with Gasteiger partial charge in [-0.2, -0.15) is 0 Å². The second-order valence-electron chi connectivity index (χ2n) is 6.56. The lowest BCUT2D eigenvalue weighted by molar-refractivity contribution is 0.284. The molecule has 5 heteroatoms. The molecule has 1 atom stereocenters. The molecule has 3 rings (SSSR count). The Bertz CT molecular complexity index is 597. The van der Waals surface area contributed by atoms with Crippen molar-refractivity contribution in [2.24, 2.45) is 5.92 Å². The molecule has 0 aliphatic heterocycles. The van der Waals surface area contributed by atoms with E-state index in [1.807, 2.05) is 6.08 Å². The molecule has 1 unspecified atom stereocenters. The van der Waals surface area contributed by atoms with Crippen LogP contribution in [0.2, 0.25) is 0 Å². The van der Waals surface area contributed by atoms with E-state index in [4.69, 9.17) is 4.74 Å². The number of ether oxygens (including phenoxy) is 1. The highest BCUT2D eigenvalue weighted by atomic mass is 32.2. The molecule has 0 bridgehead atoms. The molecule has 1 aromatic rings. The largest absolute Gasteiger partial charge is 0.490 e. The zero-order valence-corrected chi connectivity index (χ0v) is 14.2. The van der Waals surface area contributed by atoms with Gasteiger partial charge in [-0.05, 0) is 62.1 Å². The lowest BCUT2D eigenvalue weighted by Gasteiger charge is -2.18. The van der Waals surface area contributed by atoms with Crippen molar-refractivity contribution >= 4 is 11.0 Å². The fraction of sp³-hybridized carbons (Fsp3) is 0.556. The van der Waals surface area contributed by atoms with Gasteiger partial charge in [0.25, 0.3) is 0 Å². The molecule has 3 nitrogen and oxygen atoms in total. The van der Waals surface area contributed by atoms with Crippen LogP contribution in [0.25, 0.3) is 0 Å². The van der Waals surface area contributed by atoms with Gasteiger partial charge in [-0.15, -0.1) is 6.58 Å². The van der Waals surface area contributed by atoms with Crippen molar-refractivity contribution in [2.45, 2.75) is 44.1 Å². The summed E-state index contributed by atoms with van der Waals surface area (Å²) in [7, 11) is -1.07. The molecule has 0 amide bonds. The Labute approximate surface area is 139 Å². The smallest absolute Gasteiger partial charge is 0.165 e. The fourth-order valence-electron chi connectivity index (χ4n) is 2.61. The minimum atomic E-state index is -1.07. The standard InChI is InChI=1S/C18H24FNO2S/c1-2-3-4-11-23(21)20-18(9-10-18)15-7-8-16(19)17(12-15)22-13-14-5-6-14/h2,7-8,12,14,20H,1,3-6,9-11,13H2. The summed E-state index contributed by atoms with van der Waals surface area (Å²) >= 11 is 0. The normalized spacial score (nSPS) is 20.0. The van der Waals surface area contributed by atoms with Crippen LogP contribution < -0.4 is 9.46 Å². The van der Waals surface area contributed by atoms with Gasteiger partial charge < -0.3 is 4.74 Å². The zero-order chi connectivity index (χ0) is 16.3. The molecule has 0 saturated heterocycles. The van der Waals surface area contributed by atoms with Crippen LogP contribution in [0.4, 0.5) is 4.39 Å². The van der Waals surface area contributed by atoms with Crippen molar-refractivity contribution in [3.63, 3.8) is 0 Å². The Morgan fingerprint density at radius 2 is 2.22 bits per heavy atom. The van der Waals surface area contributed by atoms with Crippen LogP contribution in [0.3, 0.4) is 0 Å². The number of unbranched alkanes of at least 4 members (excludes halogenated alkanes) is 1. The molecule has 23 heavy (non-hydrogen) atoms. The van der Waals surface area contributed by atoms with E-state index >= 15 is 0 Å². The molecular formula is C18H24FNO2S. The molecule has 2 saturated carbocycles. The Hall–Kier alpha value is -1.20. The van der Waals surface area contributed by atoms with E-state index in [2.05, 4.69) is 11.3 Å². The molecule has 0 radical (unpaired) electrons. The highest BCUT2D eigenvalue weighted by molar-refractivity contribution is 7.83. The van der Waals surface area contributed by atoms with Gasteiger partial charge in [0, 0.05) is 5.75 Å². The number of allylic oxidation sites excluding steroid dienone is 1. The van der Waals surface area contributed by atoms with Crippen LogP contribution in [0.15, 0.2) is 30.9 Å². The van der Waals surface area contributed by atoms with E-state index < -0.39 is 11.0 Å². The second kappa shape index (κ2) is 7.14. The van der Waals surface area contributed by atoms with E-state index in [0.717, 1.165) is 31.2 Å². The molecule has 0 spiro atoms. The first-order valence-electron chi connectivity index (χ1n) is 8.33. The summed E-state index contributed by atoms with van der Waals surface area (Å²) in [6.45, 7) is 4.27. The lowest BCUT2D eigenvalue weighted by Crippen LogP contribution is -2.32. The maximum atomic E-state index is 13.9. The van der Waals surface area contributed by atoms with E-state index in [1.54, 1.807) is 12.1 Å². The summed E-state index contributed by atoms with van der Waals surface area (Å²) in [4.78, 5) is 0. The summed E-state index contributed by atoms with van der Waals surface area (Å²) in [6.07, 6.45) is 7.77. The topological polar surface area (TPSA) is 38.3 Å². The van der Waals surface area contributed by atoms with Crippen LogP contribution in [0.1, 0.15) is 44.1 Å². The summed E-state index contributed by atoms with van der Waals surface area (Å²) in [5.74, 6) is 1.20. The quantitative estimate of drug-likeness (QED) is 0.521. The first-order chi connectivity index (χ1) is 11.1. The SMILES string of the molecule is C=CCCCS(=O)NC1(c2ccc(F)c(OCC3CC3)c2)CC1. The number of hydrogen-bond acceptors (Lipinski definition) is 2. The van der Waals surface area contributed by atoms with E-state index in [0.29, 0.717) is 24.0 Å². The highest BCUT2D eigenvalue weighted by Crippen LogP contribution is 2.47. The molecule has 126 valence electrons. The maximum Gasteiger partial charge on any atom is 0.165 e. The maximum absolute atomic E-state index is 13.9. The first-order valence-corrected chi connectivity index (χ1v) is 9.65. The predicted molar refractivity (Wildman–Crippen MR) is 91.1 cm³/mol. The third kappa shape index (κ3) is 4.42. The van der Waals surface area contributed by atoms with Gasteiger partial charge in [-0.3, -0.25) is 0 Å². The second-order valence-corrected chi connectivity index (χ2v) is 7.87. The van der Waals surface area contributed by atoms with Gasteiger partial charge in [0.15, 0.2) is 11.6 Å². The Kier molecular flexibility index (Phi) is 5.17. The number of rotatable bonds is 10. The molecule has 2 fully saturated rings. The predicted octanol–water partition coefficient (Wildman–Crippen LogP) is 3.82. The van der Waals surface area contributed by atoms with Gasteiger partial charge in [0.1, 0.15) is 0 Å². The van der Waals surface area contributed by atoms with Crippen molar-refractivity contribution in [1.29, 1.82) is 0 Å². The van der Waals surface area contributed by atoms with Crippen LogP contribution in [-0.2, 0) is 16.5 Å². The molecule has 0 aromatic heterocycles. The van der Waals surface area contributed by atoms with E-state index in [1.165, 1.54) is 18.9 Å². The fourth-order valence-corrected chi connectivity index (χ4v) is 3.89. The minimum absolute atomic E-state index is 0.273. The van der Waals surface area contributed by atoms with Gasteiger partial charge in [-0.1, -0.05) is 12.1 Å². The molecule has 2 aliphatic rings. The third-order valence-corrected chi connectivity index (χ3v) is 5.73. The van der Waals surface area contributed by atoms with Crippen LogP contribution in [-0.4, -0.2) is 16.6 Å². The van der Waals surface area contributed by atoms with Gasteiger partial charge in [0.05, 0.1) is 23.1 Å². The Morgan fingerprint density at radius 1 is 1.43 bits per heavy atom. The average Bonchev–Trinajstić information content (AvgIpc) is 3.42. The zero-order valence-electron chi connectivity index (χ0n) is 13.4. The highest BCUT2D eigenvalue weighted by Gasteiger charge is 2.45. The average molecular weight is 337 g/mol. The minimum Gasteiger partial charge on any atom is -0.490 e. The van der Waals surface area contributed by atoms with Crippen molar-refractivity contribution in [2.75, 3.05) is 12.4 Å². The summed E-state index contributed by atoms with van der Waals surface area (Å²) in [6, 6.07) is 5.01. The lowest BCUT2D eigenvalue weighted by atomic mass is 10.1. The summed E-state index contributed by atoms with van der Waals surface area (Å²) in [5.41, 5.74) is 0.700. The van der Waals surface area contributed by atoms with Crippen LogP contribution in [0.5, 0.6) is 5.75 Å². The molecular weight excluding hydrogens is 313 g/mol. The summed E-state index contributed by atoms with van der Waals surface area (Å²) in [5, 5.41) is 0. The number of nitrogens with one attached hydrogen (secondary N) is 1. The van der Waals surface area contributed by atoms with Crippen molar-refractivity contribution in [1.82, 2.24) is 4.72 Å². The number of benzene rings is 1. The van der Waals surface area contributed by atoms with Crippen molar-refractivity contribution in [3.8, 4) is 5.75 Å². The van der Waals surface area contributed by atoms with Crippen LogP contribution >= 0.6 is 0 Å². The molecule has 1 aromatic carbocycles. The van der Waals surface area contributed by atoms with E-state index in [9.17, 15) is 8.60 Å². The monoisotopic (exact) mass is 337 g/mol. The van der Waals surface area contributed by atoms with E-state index in [-0.39, 0.29) is 11.4 Å². The van der Waals surface area contributed by atoms with Crippen molar-refractivity contribution in [3.05, 3.63) is 42.2 Å². The third-order valence-electron chi connectivity index (χ3n) is 4.45. The van der Waals surface area contributed by atoms with Crippen LogP contribution in [0, 0.1) is 11.7 Å². The molecule has 0 heterocycles. The molecule has 1 N–H and O–H groups in total. The van der Waals surface area contributed by atoms with Gasteiger partial charge in [0.2, 0.25) is 0 Å². The van der Waals surface area contributed by atoms with Gasteiger partial charge in [-0.25, -0.2) is 13.3 Å². The van der Waals surface area contributed by atoms with Gasteiger partial charge >= 0.3 is 0 Å². The molecule has 2 aliphatic carbocycles. The summed E-state index contributed by atoms with van der Waals surface area (Å²) < 4.78 is 34.9. The number of hydrogen-bond donors (Lipinski definition) is 1. The Morgan fingerprint density at radius 3 is 2.87 bits per heavy atom. The Balaban J connectivity index is 1.63. The number of halogens is 1. The van der Waals surface area contributed by atoms with Crippen molar-refractivity contribution < 1.29 is 13.3 Å².